The maximum absolute atomic E-state index is 6.21. The van der Waals surface area contributed by atoms with E-state index in [-0.39, 0.29) is 0 Å². The zero-order chi connectivity index (χ0) is 14.7. The lowest BCUT2D eigenvalue weighted by Crippen LogP contribution is -2.18. The van der Waals surface area contributed by atoms with Crippen molar-refractivity contribution >= 4 is 22.5 Å². The molecule has 0 amide bonds. The summed E-state index contributed by atoms with van der Waals surface area (Å²) < 4.78 is 1.90. The second kappa shape index (κ2) is 6.24. The van der Waals surface area contributed by atoms with Crippen LogP contribution in [0.2, 0.25) is 5.02 Å². The number of fused-ring (bicyclic) bond motifs is 1. The fourth-order valence-electron chi connectivity index (χ4n) is 2.43. The zero-order valence-electron chi connectivity index (χ0n) is 11.9. The van der Waals surface area contributed by atoms with E-state index >= 15 is 0 Å². The molecule has 0 fully saturated rings. The van der Waals surface area contributed by atoms with Gasteiger partial charge in [-0.15, -0.1) is 0 Å². The fourth-order valence-corrected chi connectivity index (χ4v) is 2.64. The van der Waals surface area contributed by atoms with Crippen molar-refractivity contribution in [1.29, 1.82) is 0 Å². The number of nitrogens with zero attached hydrogens (tertiary/aromatic N) is 3. The maximum Gasteiger partial charge on any atom is 0.0761 e. The van der Waals surface area contributed by atoms with Crippen LogP contribution in [-0.4, -0.2) is 21.3 Å². The fraction of sp³-hybridized carbons (Fsp3) is 0.250. The van der Waals surface area contributed by atoms with Crippen molar-refractivity contribution in [1.82, 2.24) is 20.1 Å². The molecule has 2 aromatic heterocycles. The second-order valence-electron chi connectivity index (χ2n) is 4.98. The largest absolute Gasteiger partial charge is 0.312 e. The van der Waals surface area contributed by atoms with Crippen molar-refractivity contribution in [2.45, 2.75) is 13.0 Å². The lowest BCUT2D eigenvalue weighted by atomic mass is 10.1. The third-order valence-electron chi connectivity index (χ3n) is 3.60. The van der Waals surface area contributed by atoms with Crippen LogP contribution in [0.5, 0.6) is 0 Å². The Balaban J connectivity index is 1.66. The highest BCUT2D eigenvalue weighted by molar-refractivity contribution is 6.35. The highest BCUT2D eigenvalue weighted by Gasteiger charge is 2.05. The molecule has 2 heterocycles. The van der Waals surface area contributed by atoms with Gasteiger partial charge in [0.1, 0.15) is 0 Å². The molecule has 5 heteroatoms. The summed E-state index contributed by atoms with van der Waals surface area (Å²) in [5.41, 5.74) is 3.36. The standard InChI is InChI=1S/C16H17ClN4/c1-21-13(7-10-20-21)6-9-18-11-12-4-5-15(17)14-3-2-8-19-16(12)14/h2-5,7-8,10,18H,6,9,11H2,1H3. The first kappa shape index (κ1) is 14.0. The summed E-state index contributed by atoms with van der Waals surface area (Å²) in [6.45, 7) is 1.68. The van der Waals surface area contributed by atoms with Gasteiger partial charge in [0.05, 0.1) is 5.52 Å². The minimum Gasteiger partial charge on any atom is -0.312 e. The first-order valence-electron chi connectivity index (χ1n) is 6.95. The Bertz CT molecular complexity index is 751. The lowest BCUT2D eigenvalue weighted by molar-refractivity contribution is 0.644. The number of hydrogen-bond donors (Lipinski definition) is 1. The molecule has 3 rings (SSSR count). The summed E-state index contributed by atoms with van der Waals surface area (Å²) in [5.74, 6) is 0. The molecule has 4 nitrogen and oxygen atoms in total. The third-order valence-corrected chi connectivity index (χ3v) is 3.93. The van der Waals surface area contributed by atoms with Gasteiger partial charge < -0.3 is 5.32 Å². The van der Waals surface area contributed by atoms with Crippen LogP contribution < -0.4 is 5.32 Å². The van der Waals surface area contributed by atoms with Gasteiger partial charge in [0.25, 0.3) is 0 Å². The summed E-state index contributed by atoms with van der Waals surface area (Å²) in [7, 11) is 1.96. The topological polar surface area (TPSA) is 42.7 Å². The molecule has 0 saturated heterocycles. The number of rotatable bonds is 5. The molecule has 21 heavy (non-hydrogen) atoms. The van der Waals surface area contributed by atoms with Crippen LogP contribution in [-0.2, 0) is 20.0 Å². The van der Waals surface area contributed by atoms with Crippen molar-refractivity contribution in [3.8, 4) is 0 Å². The number of nitrogens with one attached hydrogen (secondary N) is 1. The number of aromatic nitrogens is 3. The second-order valence-corrected chi connectivity index (χ2v) is 5.39. The molecule has 108 valence electrons. The molecule has 0 unspecified atom stereocenters. The molecular formula is C16H17ClN4. The minimum absolute atomic E-state index is 0.747. The lowest BCUT2D eigenvalue weighted by Gasteiger charge is -2.09. The van der Waals surface area contributed by atoms with Gasteiger partial charge in [-0.05, 0) is 29.8 Å². The van der Waals surface area contributed by atoms with E-state index < -0.39 is 0 Å². The van der Waals surface area contributed by atoms with E-state index in [1.54, 1.807) is 6.20 Å². The highest BCUT2D eigenvalue weighted by Crippen LogP contribution is 2.24. The van der Waals surface area contributed by atoms with Gasteiger partial charge in [-0.2, -0.15) is 5.10 Å². The Morgan fingerprint density at radius 1 is 1.19 bits per heavy atom. The molecule has 0 spiro atoms. The Morgan fingerprint density at radius 3 is 2.90 bits per heavy atom. The molecule has 0 bridgehead atoms. The van der Waals surface area contributed by atoms with Crippen molar-refractivity contribution in [2.24, 2.45) is 7.05 Å². The summed E-state index contributed by atoms with van der Waals surface area (Å²) in [4.78, 5) is 4.45. The average Bonchev–Trinajstić information content (AvgIpc) is 2.91. The van der Waals surface area contributed by atoms with E-state index in [0.29, 0.717) is 0 Å². The average molecular weight is 301 g/mol. The van der Waals surface area contributed by atoms with E-state index in [1.165, 1.54) is 11.3 Å². The summed E-state index contributed by atoms with van der Waals surface area (Å²) in [6.07, 6.45) is 4.58. The minimum atomic E-state index is 0.747. The van der Waals surface area contributed by atoms with E-state index in [2.05, 4.69) is 15.4 Å². The van der Waals surface area contributed by atoms with Crippen molar-refractivity contribution in [2.75, 3.05) is 6.54 Å². The van der Waals surface area contributed by atoms with Crippen LogP contribution in [0.15, 0.2) is 42.7 Å². The third kappa shape index (κ3) is 3.06. The first-order chi connectivity index (χ1) is 10.3. The molecule has 0 aliphatic rings. The molecule has 0 saturated carbocycles. The number of aryl methyl sites for hydroxylation is 1. The number of halogens is 1. The normalized spacial score (nSPS) is 11.1. The molecule has 0 aliphatic heterocycles. The molecule has 1 N–H and O–H groups in total. The first-order valence-corrected chi connectivity index (χ1v) is 7.33. The number of benzene rings is 1. The molecule has 0 atom stereocenters. The van der Waals surface area contributed by atoms with Crippen molar-refractivity contribution in [3.63, 3.8) is 0 Å². The Hall–Kier alpha value is -1.91. The predicted molar refractivity (Wildman–Crippen MR) is 85.4 cm³/mol. The molecule has 0 aliphatic carbocycles. The smallest absolute Gasteiger partial charge is 0.0761 e. The Labute approximate surface area is 128 Å². The molecule has 3 aromatic rings. The summed E-state index contributed by atoms with van der Waals surface area (Å²) in [5, 5.41) is 9.37. The van der Waals surface area contributed by atoms with Gasteiger partial charge in [0.15, 0.2) is 0 Å². The van der Waals surface area contributed by atoms with Gasteiger partial charge in [0, 0.05) is 55.1 Å². The number of pyridine rings is 1. The van der Waals surface area contributed by atoms with Gasteiger partial charge in [-0.3, -0.25) is 9.67 Å². The van der Waals surface area contributed by atoms with Crippen LogP contribution in [0.3, 0.4) is 0 Å². The van der Waals surface area contributed by atoms with Gasteiger partial charge in [-0.25, -0.2) is 0 Å². The Kier molecular flexibility index (Phi) is 4.18. The van der Waals surface area contributed by atoms with E-state index in [4.69, 9.17) is 11.6 Å². The summed E-state index contributed by atoms with van der Waals surface area (Å²) in [6, 6.07) is 9.93. The van der Waals surface area contributed by atoms with Gasteiger partial charge in [0.2, 0.25) is 0 Å². The molecular weight excluding hydrogens is 284 g/mol. The van der Waals surface area contributed by atoms with Crippen LogP contribution in [0.4, 0.5) is 0 Å². The molecule has 0 radical (unpaired) electrons. The monoisotopic (exact) mass is 300 g/mol. The summed E-state index contributed by atoms with van der Waals surface area (Å²) >= 11 is 6.21. The highest BCUT2D eigenvalue weighted by atomic mass is 35.5. The van der Waals surface area contributed by atoms with Crippen LogP contribution in [0, 0.1) is 0 Å². The van der Waals surface area contributed by atoms with Crippen LogP contribution in [0.25, 0.3) is 10.9 Å². The number of hydrogen-bond acceptors (Lipinski definition) is 3. The van der Waals surface area contributed by atoms with Crippen molar-refractivity contribution in [3.05, 3.63) is 59.0 Å². The zero-order valence-corrected chi connectivity index (χ0v) is 12.6. The SMILES string of the molecule is Cn1nccc1CCNCc1ccc(Cl)c2cccnc12. The van der Waals surface area contributed by atoms with Gasteiger partial charge >= 0.3 is 0 Å². The van der Waals surface area contributed by atoms with Crippen LogP contribution in [0.1, 0.15) is 11.3 Å². The molecule has 1 aromatic carbocycles. The van der Waals surface area contributed by atoms with Crippen molar-refractivity contribution < 1.29 is 0 Å². The van der Waals surface area contributed by atoms with Crippen LogP contribution >= 0.6 is 11.6 Å². The van der Waals surface area contributed by atoms with E-state index in [9.17, 15) is 0 Å². The quantitative estimate of drug-likeness (QED) is 0.737. The Morgan fingerprint density at radius 2 is 2.10 bits per heavy atom. The van der Waals surface area contributed by atoms with E-state index in [1.807, 2.05) is 48.3 Å². The van der Waals surface area contributed by atoms with E-state index in [0.717, 1.165) is 35.4 Å². The predicted octanol–water partition coefficient (Wildman–Crippen LogP) is 2.95. The van der Waals surface area contributed by atoms with Gasteiger partial charge in [-0.1, -0.05) is 17.7 Å². The maximum atomic E-state index is 6.21.